The van der Waals surface area contributed by atoms with Crippen LogP contribution in [0.4, 0.5) is 0 Å². The fraction of sp³-hybridized carbons (Fsp3) is 0.296. The minimum atomic E-state index is -1.06. The van der Waals surface area contributed by atoms with Gasteiger partial charge in [0.15, 0.2) is 0 Å². The van der Waals surface area contributed by atoms with Crippen molar-refractivity contribution >= 4 is 34.3 Å². The van der Waals surface area contributed by atoms with Gasteiger partial charge < -0.3 is 14.6 Å². The second-order valence-electron chi connectivity index (χ2n) is 8.95. The third-order valence-electron chi connectivity index (χ3n) is 6.10. The third-order valence-corrected chi connectivity index (χ3v) is 6.50. The first-order chi connectivity index (χ1) is 16.3. The van der Waals surface area contributed by atoms with Crippen LogP contribution in [0.15, 0.2) is 70.3 Å². The van der Waals surface area contributed by atoms with Crippen molar-refractivity contribution in [2.24, 2.45) is 4.99 Å². The summed E-state index contributed by atoms with van der Waals surface area (Å²) in [6.07, 6.45) is 2.66. The maximum atomic E-state index is 12.0. The largest absolute Gasteiger partial charge is 0.478 e. The number of rotatable bonds is 7. The number of nitriles is 1. The number of nitrogens with zero attached hydrogens (tertiary/aromatic N) is 4. The molecule has 34 heavy (non-hydrogen) atoms. The van der Waals surface area contributed by atoms with E-state index in [0.29, 0.717) is 12.2 Å². The Hall–Kier alpha value is -3.56. The number of carboxylic acids is 1. The second-order valence-corrected chi connectivity index (χ2v) is 9.31. The molecule has 1 aromatic heterocycles. The summed E-state index contributed by atoms with van der Waals surface area (Å²) < 4.78 is 1.94. The number of carbonyl (C=O) groups is 1. The fourth-order valence-electron chi connectivity index (χ4n) is 4.42. The summed E-state index contributed by atoms with van der Waals surface area (Å²) in [6, 6.07) is 19.9. The lowest BCUT2D eigenvalue weighted by molar-refractivity contribution is -0.133. The molecule has 1 N–H and O–H groups in total. The number of benzene rings is 2. The number of amidine groups is 1. The highest BCUT2D eigenvalue weighted by Crippen LogP contribution is 2.35. The summed E-state index contributed by atoms with van der Waals surface area (Å²) in [4.78, 5) is 18.6. The van der Waals surface area contributed by atoms with Crippen LogP contribution in [0.25, 0.3) is 16.6 Å². The molecule has 6 nitrogen and oxygen atoms in total. The molecule has 0 amide bonds. The molecule has 3 aromatic rings. The number of halogens is 1. The normalized spacial score (nSPS) is 15.4. The number of unbranched alkanes of at least 4 members (excludes halogenated alkanes) is 1. The van der Waals surface area contributed by atoms with E-state index in [1.807, 2.05) is 64.1 Å². The lowest BCUT2D eigenvalue weighted by Gasteiger charge is -2.36. The first kappa shape index (κ1) is 23.6. The number of hydrogen-bond acceptors (Lipinski definition) is 4. The zero-order chi connectivity index (χ0) is 24.5. The smallest absolute Gasteiger partial charge is 0.337 e. The standard InChI is InChI=1S/C27H27ClN4O2/c1-4-5-10-23-30-27(2,3)24(26(33)34)25(28)31(23)17-18-11-13-20(14-12-18)32-21(16-29)15-19-8-6-7-9-22(19)32/h6-9,11-15H,4-5,10,17H2,1-3H3,(H,33,34). The third kappa shape index (κ3) is 4.32. The average molecular weight is 475 g/mol. The van der Waals surface area contributed by atoms with Gasteiger partial charge >= 0.3 is 5.97 Å². The molecule has 0 saturated carbocycles. The summed E-state index contributed by atoms with van der Waals surface area (Å²) in [7, 11) is 0. The van der Waals surface area contributed by atoms with Crippen molar-refractivity contribution in [1.29, 1.82) is 5.26 Å². The predicted molar refractivity (Wildman–Crippen MR) is 135 cm³/mol. The summed E-state index contributed by atoms with van der Waals surface area (Å²) in [6.45, 7) is 6.08. The fourth-order valence-corrected chi connectivity index (χ4v) is 4.89. The van der Waals surface area contributed by atoms with Gasteiger partial charge in [0, 0.05) is 17.5 Å². The van der Waals surface area contributed by atoms with Gasteiger partial charge in [0.1, 0.15) is 22.8 Å². The van der Waals surface area contributed by atoms with E-state index in [1.165, 1.54) is 0 Å². The minimum absolute atomic E-state index is 0.100. The van der Waals surface area contributed by atoms with E-state index in [0.717, 1.165) is 47.3 Å². The van der Waals surface area contributed by atoms with Gasteiger partial charge in [-0.2, -0.15) is 5.26 Å². The quantitative estimate of drug-likeness (QED) is 0.412. The van der Waals surface area contributed by atoms with Gasteiger partial charge in [-0.15, -0.1) is 0 Å². The summed E-state index contributed by atoms with van der Waals surface area (Å²) in [5.41, 5.74) is 2.59. The Bertz CT molecular complexity index is 1340. The molecule has 7 heteroatoms. The lowest BCUT2D eigenvalue weighted by atomic mass is 9.93. The molecule has 2 aromatic carbocycles. The van der Waals surface area contributed by atoms with Crippen LogP contribution in [0, 0.1) is 11.3 Å². The highest BCUT2D eigenvalue weighted by molar-refractivity contribution is 6.33. The molecule has 0 aliphatic carbocycles. The lowest BCUT2D eigenvalue weighted by Crippen LogP contribution is -2.41. The summed E-state index contributed by atoms with van der Waals surface area (Å²) >= 11 is 6.67. The molecule has 0 atom stereocenters. The van der Waals surface area contributed by atoms with E-state index in [-0.39, 0.29) is 10.7 Å². The first-order valence-corrected chi connectivity index (χ1v) is 11.7. The first-order valence-electron chi connectivity index (χ1n) is 11.4. The molecule has 1 aliphatic rings. The maximum absolute atomic E-state index is 12.0. The molecule has 0 bridgehead atoms. The Morgan fingerprint density at radius 3 is 2.53 bits per heavy atom. The Kier molecular flexibility index (Phi) is 6.49. The van der Waals surface area contributed by atoms with Crippen LogP contribution in [-0.2, 0) is 11.3 Å². The van der Waals surface area contributed by atoms with Gasteiger partial charge in [0.2, 0.25) is 0 Å². The van der Waals surface area contributed by atoms with E-state index in [1.54, 1.807) is 13.8 Å². The van der Waals surface area contributed by atoms with Crippen molar-refractivity contribution in [1.82, 2.24) is 9.47 Å². The number of aromatic nitrogens is 1. The van der Waals surface area contributed by atoms with Crippen LogP contribution in [0.2, 0.25) is 0 Å². The highest BCUT2D eigenvalue weighted by Gasteiger charge is 2.38. The van der Waals surface area contributed by atoms with Crippen molar-refractivity contribution in [3.05, 3.63) is 76.6 Å². The van der Waals surface area contributed by atoms with Crippen LogP contribution in [-0.4, -0.2) is 31.9 Å². The maximum Gasteiger partial charge on any atom is 0.337 e. The molecular weight excluding hydrogens is 448 g/mol. The van der Waals surface area contributed by atoms with Gasteiger partial charge in [-0.05, 0) is 50.1 Å². The SMILES string of the molecule is CCCCC1=NC(C)(C)C(C(=O)O)=C(Cl)N1Cc1ccc(-n2c(C#N)cc3ccccc32)cc1. The molecule has 0 saturated heterocycles. The van der Waals surface area contributed by atoms with Crippen molar-refractivity contribution in [3.63, 3.8) is 0 Å². The molecule has 2 heterocycles. The molecule has 0 radical (unpaired) electrons. The number of aliphatic carboxylic acids is 1. The minimum Gasteiger partial charge on any atom is -0.478 e. The predicted octanol–water partition coefficient (Wildman–Crippen LogP) is 6.22. The number of carboxylic acid groups (broad SMARTS) is 1. The summed E-state index contributed by atoms with van der Waals surface area (Å²) in [5, 5.41) is 20.7. The molecule has 0 fully saturated rings. The zero-order valence-corrected chi connectivity index (χ0v) is 20.3. The molecule has 1 aliphatic heterocycles. The van der Waals surface area contributed by atoms with Crippen LogP contribution < -0.4 is 0 Å². The molecule has 174 valence electrons. The van der Waals surface area contributed by atoms with Crippen molar-refractivity contribution in [2.45, 2.75) is 52.1 Å². The number of fused-ring (bicyclic) bond motifs is 1. The topological polar surface area (TPSA) is 81.6 Å². The van der Waals surface area contributed by atoms with Crippen LogP contribution in [0.3, 0.4) is 0 Å². The van der Waals surface area contributed by atoms with Gasteiger partial charge in [-0.25, -0.2) is 4.79 Å². The van der Waals surface area contributed by atoms with Crippen LogP contribution >= 0.6 is 11.6 Å². The summed E-state index contributed by atoms with van der Waals surface area (Å²) in [5.74, 6) is -0.258. The molecule has 4 rings (SSSR count). The van der Waals surface area contributed by atoms with E-state index in [4.69, 9.17) is 16.6 Å². The zero-order valence-electron chi connectivity index (χ0n) is 19.5. The molecule has 0 spiro atoms. The van der Waals surface area contributed by atoms with E-state index in [9.17, 15) is 15.2 Å². The van der Waals surface area contributed by atoms with Gasteiger partial charge in [-0.3, -0.25) is 4.99 Å². The number of hydrogen-bond donors (Lipinski definition) is 1. The monoisotopic (exact) mass is 474 g/mol. The van der Waals surface area contributed by atoms with E-state index < -0.39 is 11.5 Å². The van der Waals surface area contributed by atoms with Gasteiger partial charge in [0.25, 0.3) is 0 Å². The van der Waals surface area contributed by atoms with Gasteiger partial charge in [0.05, 0.1) is 23.2 Å². The van der Waals surface area contributed by atoms with E-state index >= 15 is 0 Å². The van der Waals surface area contributed by atoms with Crippen molar-refractivity contribution < 1.29 is 9.90 Å². The van der Waals surface area contributed by atoms with Gasteiger partial charge in [-0.1, -0.05) is 55.3 Å². The molecule has 0 unspecified atom stereocenters. The van der Waals surface area contributed by atoms with Crippen LogP contribution in [0.1, 0.15) is 51.3 Å². The highest BCUT2D eigenvalue weighted by atomic mass is 35.5. The average Bonchev–Trinajstić information content (AvgIpc) is 3.18. The van der Waals surface area contributed by atoms with Crippen LogP contribution in [0.5, 0.6) is 0 Å². The molecular formula is C27H27ClN4O2. The Balaban J connectivity index is 1.69. The Labute approximate surface area is 204 Å². The van der Waals surface area contributed by atoms with E-state index in [2.05, 4.69) is 13.0 Å². The number of para-hydroxylation sites is 1. The second kappa shape index (κ2) is 9.36. The number of aliphatic imine (C=N–C) groups is 1. The van der Waals surface area contributed by atoms with Crippen molar-refractivity contribution in [2.75, 3.05) is 0 Å². The van der Waals surface area contributed by atoms with Crippen molar-refractivity contribution in [3.8, 4) is 11.8 Å². The Morgan fingerprint density at radius 1 is 1.18 bits per heavy atom. The Morgan fingerprint density at radius 2 is 1.88 bits per heavy atom.